The average molecular weight is 276 g/mol. The van der Waals surface area contributed by atoms with Crippen molar-refractivity contribution in [2.45, 2.75) is 20.4 Å². The Hall–Kier alpha value is -1.88. The summed E-state index contributed by atoms with van der Waals surface area (Å²) >= 11 is 0. The van der Waals surface area contributed by atoms with Crippen molar-refractivity contribution in [2.75, 3.05) is 12.4 Å². The lowest BCUT2D eigenvalue weighted by molar-refractivity contribution is -0.140. The molecule has 1 fully saturated rings. The highest BCUT2D eigenvalue weighted by atomic mass is 16.4. The lowest BCUT2D eigenvalue weighted by atomic mass is 10.1. The van der Waals surface area contributed by atoms with Gasteiger partial charge >= 0.3 is 5.97 Å². The second kappa shape index (κ2) is 5.25. The van der Waals surface area contributed by atoms with E-state index in [1.165, 1.54) is 0 Å². The number of carbonyl (C=O) groups excluding carboxylic acids is 1. The van der Waals surface area contributed by atoms with Crippen LogP contribution in [-0.2, 0) is 16.1 Å². The van der Waals surface area contributed by atoms with Gasteiger partial charge in [0.1, 0.15) is 0 Å². The van der Waals surface area contributed by atoms with Gasteiger partial charge < -0.3 is 15.7 Å². The van der Waals surface area contributed by atoms with Gasteiger partial charge in [-0.25, -0.2) is 0 Å². The molecule has 0 aromatic heterocycles. The second-order valence-corrected chi connectivity index (χ2v) is 5.83. The minimum atomic E-state index is -0.904. The first kappa shape index (κ1) is 14.5. The molecule has 1 aliphatic rings. The van der Waals surface area contributed by atoms with Gasteiger partial charge in [-0.3, -0.25) is 9.59 Å². The molecule has 1 aromatic rings. The van der Waals surface area contributed by atoms with Crippen LogP contribution in [0.5, 0.6) is 0 Å². The number of nitrogens with one attached hydrogen (secondary N) is 2. The van der Waals surface area contributed by atoms with Crippen molar-refractivity contribution < 1.29 is 14.7 Å². The number of anilines is 1. The van der Waals surface area contributed by atoms with Crippen molar-refractivity contribution in [3.63, 3.8) is 0 Å². The van der Waals surface area contributed by atoms with Gasteiger partial charge in [-0.05, 0) is 30.2 Å². The molecule has 0 saturated heterocycles. The Kier molecular flexibility index (Phi) is 3.81. The van der Waals surface area contributed by atoms with Crippen molar-refractivity contribution in [2.24, 2.45) is 17.3 Å². The standard InChI is InChI=1S/C15H20N2O3/c1-15(2)11(12(15)14(19)20)13(18)17-10-6-4-5-9(7-10)8-16-3/h4-7,11-12,16H,8H2,1-3H3,(H,17,18)(H,19,20). The zero-order chi connectivity index (χ0) is 14.9. The van der Waals surface area contributed by atoms with Crippen LogP contribution >= 0.6 is 0 Å². The molecule has 5 nitrogen and oxygen atoms in total. The first-order valence-corrected chi connectivity index (χ1v) is 6.65. The number of carboxylic acid groups (broad SMARTS) is 1. The van der Waals surface area contributed by atoms with Crippen LogP contribution in [0.25, 0.3) is 0 Å². The fourth-order valence-electron chi connectivity index (χ4n) is 2.77. The number of rotatable bonds is 5. The number of hydrogen-bond acceptors (Lipinski definition) is 3. The van der Waals surface area contributed by atoms with Crippen LogP contribution in [0.2, 0.25) is 0 Å². The monoisotopic (exact) mass is 276 g/mol. The van der Waals surface area contributed by atoms with E-state index >= 15 is 0 Å². The van der Waals surface area contributed by atoms with Crippen molar-refractivity contribution in [3.8, 4) is 0 Å². The molecule has 108 valence electrons. The first-order valence-electron chi connectivity index (χ1n) is 6.65. The zero-order valence-electron chi connectivity index (χ0n) is 11.9. The van der Waals surface area contributed by atoms with Crippen LogP contribution in [0, 0.1) is 17.3 Å². The topological polar surface area (TPSA) is 78.4 Å². The maximum Gasteiger partial charge on any atom is 0.307 e. The summed E-state index contributed by atoms with van der Waals surface area (Å²) in [4.78, 5) is 23.3. The number of benzene rings is 1. The quantitative estimate of drug-likeness (QED) is 0.765. The number of aliphatic carboxylic acids is 1. The molecule has 3 N–H and O–H groups in total. The van der Waals surface area contributed by atoms with Gasteiger partial charge in [0.25, 0.3) is 0 Å². The van der Waals surface area contributed by atoms with E-state index < -0.39 is 23.2 Å². The van der Waals surface area contributed by atoms with Gasteiger partial charge in [-0.15, -0.1) is 0 Å². The summed E-state index contributed by atoms with van der Waals surface area (Å²) in [5.74, 6) is -2.18. The Morgan fingerprint density at radius 2 is 2.00 bits per heavy atom. The van der Waals surface area contributed by atoms with Crippen LogP contribution in [0.15, 0.2) is 24.3 Å². The summed E-state index contributed by atoms with van der Waals surface area (Å²) in [7, 11) is 1.86. The van der Waals surface area contributed by atoms with E-state index in [4.69, 9.17) is 5.11 Å². The highest BCUT2D eigenvalue weighted by Crippen LogP contribution is 2.58. The summed E-state index contributed by atoms with van der Waals surface area (Å²) < 4.78 is 0. The Balaban J connectivity index is 2.06. The van der Waals surface area contributed by atoms with E-state index in [0.717, 1.165) is 12.1 Å². The molecule has 2 unspecified atom stereocenters. The Bertz CT molecular complexity index is 540. The predicted molar refractivity (Wildman–Crippen MR) is 76.2 cm³/mol. The smallest absolute Gasteiger partial charge is 0.307 e. The number of amides is 1. The Morgan fingerprint density at radius 1 is 1.30 bits per heavy atom. The van der Waals surface area contributed by atoms with Crippen molar-refractivity contribution >= 4 is 17.6 Å². The molecule has 2 rings (SSSR count). The van der Waals surface area contributed by atoms with E-state index in [9.17, 15) is 9.59 Å². The van der Waals surface area contributed by atoms with Gasteiger partial charge in [0.2, 0.25) is 5.91 Å². The average Bonchev–Trinajstić information content (AvgIpc) is 2.93. The second-order valence-electron chi connectivity index (χ2n) is 5.83. The Morgan fingerprint density at radius 3 is 2.55 bits per heavy atom. The van der Waals surface area contributed by atoms with E-state index in [0.29, 0.717) is 5.69 Å². The van der Waals surface area contributed by atoms with Gasteiger partial charge in [0, 0.05) is 12.2 Å². The zero-order valence-corrected chi connectivity index (χ0v) is 11.9. The van der Waals surface area contributed by atoms with Crippen molar-refractivity contribution in [1.29, 1.82) is 0 Å². The molecule has 0 bridgehead atoms. The van der Waals surface area contributed by atoms with Gasteiger partial charge in [0.15, 0.2) is 0 Å². The van der Waals surface area contributed by atoms with Crippen molar-refractivity contribution in [3.05, 3.63) is 29.8 Å². The maximum absolute atomic E-state index is 12.2. The van der Waals surface area contributed by atoms with Crippen LogP contribution < -0.4 is 10.6 Å². The molecule has 20 heavy (non-hydrogen) atoms. The molecule has 1 aliphatic carbocycles. The fourth-order valence-corrected chi connectivity index (χ4v) is 2.77. The molecule has 1 amide bonds. The fraction of sp³-hybridized carbons (Fsp3) is 0.467. The lowest BCUT2D eigenvalue weighted by Gasteiger charge is -2.08. The molecular formula is C15H20N2O3. The van der Waals surface area contributed by atoms with Gasteiger partial charge in [-0.1, -0.05) is 26.0 Å². The SMILES string of the molecule is CNCc1cccc(NC(=O)C2C(C(=O)O)C2(C)C)c1. The molecule has 5 heteroatoms. The van der Waals surface area contributed by atoms with E-state index in [2.05, 4.69) is 10.6 Å². The van der Waals surface area contributed by atoms with Crippen molar-refractivity contribution in [1.82, 2.24) is 5.32 Å². The third kappa shape index (κ3) is 2.67. The third-order valence-corrected chi connectivity index (χ3v) is 3.95. The molecule has 1 aromatic carbocycles. The van der Waals surface area contributed by atoms with Crippen LogP contribution in [0.1, 0.15) is 19.4 Å². The highest BCUT2D eigenvalue weighted by molar-refractivity contribution is 5.99. The normalized spacial score (nSPS) is 23.1. The molecule has 1 saturated carbocycles. The minimum absolute atomic E-state index is 0.219. The van der Waals surface area contributed by atoms with Crippen LogP contribution in [-0.4, -0.2) is 24.0 Å². The molecule has 2 atom stereocenters. The van der Waals surface area contributed by atoms with Crippen LogP contribution in [0.4, 0.5) is 5.69 Å². The van der Waals surface area contributed by atoms with E-state index in [-0.39, 0.29) is 5.91 Å². The highest BCUT2D eigenvalue weighted by Gasteiger charge is 2.65. The minimum Gasteiger partial charge on any atom is -0.481 e. The Labute approximate surface area is 118 Å². The number of carboxylic acids is 1. The summed E-state index contributed by atoms with van der Waals surface area (Å²) in [6, 6.07) is 7.53. The first-order chi connectivity index (χ1) is 9.37. The van der Waals surface area contributed by atoms with Crippen LogP contribution in [0.3, 0.4) is 0 Å². The summed E-state index contributed by atoms with van der Waals surface area (Å²) in [5.41, 5.74) is 1.29. The summed E-state index contributed by atoms with van der Waals surface area (Å²) in [6.07, 6.45) is 0. The molecular weight excluding hydrogens is 256 g/mol. The number of carbonyl (C=O) groups is 2. The predicted octanol–water partition coefficient (Wildman–Crippen LogP) is 1.70. The summed E-state index contributed by atoms with van der Waals surface area (Å²) in [6.45, 7) is 4.34. The third-order valence-electron chi connectivity index (χ3n) is 3.95. The largest absolute Gasteiger partial charge is 0.481 e. The number of hydrogen-bond donors (Lipinski definition) is 3. The molecule has 0 spiro atoms. The van der Waals surface area contributed by atoms with E-state index in [1.807, 2.05) is 45.2 Å². The van der Waals surface area contributed by atoms with E-state index in [1.54, 1.807) is 0 Å². The van der Waals surface area contributed by atoms with Gasteiger partial charge in [0.05, 0.1) is 11.8 Å². The lowest BCUT2D eigenvalue weighted by Crippen LogP contribution is -2.18. The van der Waals surface area contributed by atoms with Gasteiger partial charge in [-0.2, -0.15) is 0 Å². The maximum atomic E-state index is 12.2. The molecule has 0 radical (unpaired) electrons. The molecule has 0 heterocycles. The molecule has 0 aliphatic heterocycles. The summed E-state index contributed by atoms with van der Waals surface area (Å²) in [5, 5.41) is 15.0.